The molecule has 0 aliphatic rings. The predicted molar refractivity (Wildman–Crippen MR) is 105 cm³/mol. The van der Waals surface area contributed by atoms with Crippen molar-refractivity contribution in [2.75, 3.05) is 5.32 Å². The number of hydrogen-bond acceptors (Lipinski definition) is 2. The molecule has 0 aliphatic heterocycles. The third kappa shape index (κ3) is 6.62. The van der Waals surface area contributed by atoms with Gasteiger partial charge in [-0.15, -0.1) is 0 Å². The molecule has 32 heavy (non-hydrogen) atoms. The van der Waals surface area contributed by atoms with Crippen molar-refractivity contribution < 1.29 is 41.0 Å². The molecule has 0 fully saturated rings. The largest absolute Gasteiger partial charge is 0.481 e. The lowest BCUT2D eigenvalue weighted by Gasteiger charge is -2.26. The number of aryl methyl sites for hydroxylation is 1. The highest BCUT2D eigenvalue weighted by molar-refractivity contribution is 6.33. The second-order valence-electron chi connectivity index (χ2n) is 7.12. The molecule has 0 aromatic heterocycles. The van der Waals surface area contributed by atoms with Gasteiger partial charge in [-0.3, -0.25) is 9.59 Å². The average molecular weight is 482 g/mol. The zero-order chi connectivity index (χ0) is 24.3. The minimum Gasteiger partial charge on any atom is -0.481 e. The van der Waals surface area contributed by atoms with Crippen molar-refractivity contribution in [2.45, 2.75) is 38.0 Å². The first-order valence-electron chi connectivity index (χ1n) is 9.25. The van der Waals surface area contributed by atoms with Crippen molar-refractivity contribution in [1.29, 1.82) is 0 Å². The Balaban J connectivity index is 2.38. The average Bonchev–Trinajstić information content (AvgIpc) is 2.67. The molecule has 0 bridgehead atoms. The number of anilines is 1. The Labute approximate surface area is 184 Å². The first kappa shape index (κ1) is 25.5. The van der Waals surface area contributed by atoms with Gasteiger partial charge in [0.2, 0.25) is 5.91 Å². The van der Waals surface area contributed by atoms with E-state index < -0.39 is 41.6 Å². The van der Waals surface area contributed by atoms with Gasteiger partial charge in [0.25, 0.3) is 0 Å². The topological polar surface area (TPSA) is 66.4 Å². The highest BCUT2D eigenvalue weighted by Gasteiger charge is 2.45. The molecule has 2 rings (SSSR count). The second-order valence-corrected chi connectivity index (χ2v) is 7.53. The van der Waals surface area contributed by atoms with E-state index in [2.05, 4.69) is 5.32 Å². The number of hydrogen-bond donors (Lipinski definition) is 2. The van der Waals surface area contributed by atoms with Crippen LogP contribution in [-0.4, -0.2) is 23.2 Å². The van der Waals surface area contributed by atoms with E-state index in [9.17, 15) is 35.9 Å². The van der Waals surface area contributed by atoms with Crippen molar-refractivity contribution >= 4 is 29.2 Å². The molecule has 0 saturated heterocycles. The monoisotopic (exact) mass is 481 g/mol. The summed E-state index contributed by atoms with van der Waals surface area (Å²) in [5.41, 5.74) is -0.874. The Hall–Kier alpha value is -2.75. The lowest BCUT2D eigenvalue weighted by atomic mass is 9.85. The van der Waals surface area contributed by atoms with E-state index in [4.69, 9.17) is 16.7 Å². The molecule has 2 N–H and O–H groups in total. The number of carboxylic acids is 1. The van der Waals surface area contributed by atoms with Crippen LogP contribution < -0.4 is 5.32 Å². The number of halogens is 7. The zero-order valence-electron chi connectivity index (χ0n) is 16.5. The van der Waals surface area contributed by atoms with Gasteiger partial charge in [-0.2, -0.15) is 26.3 Å². The van der Waals surface area contributed by atoms with Gasteiger partial charge in [-0.1, -0.05) is 36.7 Å². The molecular formula is C21H18ClF6NO3. The Kier molecular flexibility index (Phi) is 7.82. The van der Waals surface area contributed by atoms with Crippen LogP contribution in [0.5, 0.6) is 0 Å². The van der Waals surface area contributed by atoms with Gasteiger partial charge < -0.3 is 10.4 Å². The molecule has 0 spiro atoms. The van der Waals surface area contributed by atoms with E-state index in [0.29, 0.717) is 17.7 Å². The summed E-state index contributed by atoms with van der Waals surface area (Å²) in [5, 5.41) is 11.1. The Morgan fingerprint density at radius 3 is 2.12 bits per heavy atom. The molecule has 4 nitrogen and oxygen atoms in total. The number of benzene rings is 2. The number of amides is 1. The summed E-state index contributed by atoms with van der Waals surface area (Å²) >= 11 is 6.02. The second kappa shape index (κ2) is 9.81. The highest BCUT2D eigenvalue weighted by Crippen LogP contribution is 2.39. The molecule has 1 amide bonds. The van der Waals surface area contributed by atoms with E-state index >= 15 is 0 Å². The summed E-state index contributed by atoms with van der Waals surface area (Å²) < 4.78 is 78.7. The number of carbonyl (C=O) groups excluding carboxylic acids is 1. The third-order valence-corrected chi connectivity index (χ3v) is 5.14. The summed E-state index contributed by atoms with van der Waals surface area (Å²) in [5.74, 6) is -6.25. The number of aliphatic carboxylic acids is 1. The van der Waals surface area contributed by atoms with Gasteiger partial charge in [-0.25, -0.2) is 0 Å². The van der Waals surface area contributed by atoms with Crippen LogP contribution in [0.2, 0.25) is 5.02 Å². The van der Waals surface area contributed by atoms with Gasteiger partial charge in [-0.05, 0) is 41.8 Å². The lowest BCUT2D eigenvalue weighted by Crippen LogP contribution is -2.34. The number of rotatable bonds is 7. The molecule has 0 saturated carbocycles. The van der Waals surface area contributed by atoms with Crippen LogP contribution in [0.1, 0.15) is 36.0 Å². The Bertz CT molecular complexity index is 973. The molecule has 2 aromatic rings. The van der Waals surface area contributed by atoms with Crippen LogP contribution in [0.3, 0.4) is 0 Å². The minimum atomic E-state index is -4.81. The fraction of sp³-hybridized carbons (Fsp3) is 0.333. The van der Waals surface area contributed by atoms with Gasteiger partial charge in [0.15, 0.2) is 0 Å². The van der Waals surface area contributed by atoms with E-state index in [0.717, 1.165) is 19.1 Å². The van der Waals surface area contributed by atoms with Gasteiger partial charge in [0, 0.05) is 6.42 Å². The first-order chi connectivity index (χ1) is 14.7. The van der Waals surface area contributed by atoms with Crippen LogP contribution in [0.25, 0.3) is 0 Å². The van der Waals surface area contributed by atoms with Crippen LogP contribution >= 0.6 is 11.6 Å². The Morgan fingerprint density at radius 2 is 1.62 bits per heavy atom. The molecule has 2 atom stereocenters. The van der Waals surface area contributed by atoms with E-state index in [-0.39, 0.29) is 29.1 Å². The smallest absolute Gasteiger partial charge is 0.416 e. The molecule has 11 heteroatoms. The SMILES string of the molecule is C[C@H]([C@H](C(=O)Nc1cc(CCC(=O)O)ccc1Cl)c1ccc(C(F)(F)F)cc1)C(F)(F)F. The molecule has 0 aliphatic carbocycles. The lowest BCUT2D eigenvalue weighted by molar-refractivity contribution is -0.178. The van der Waals surface area contributed by atoms with Crippen LogP contribution in [0.15, 0.2) is 42.5 Å². The van der Waals surface area contributed by atoms with Gasteiger partial charge in [0.1, 0.15) is 0 Å². The molecule has 0 heterocycles. The van der Waals surface area contributed by atoms with Gasteiger partial charge in [0.05, 0.1) is 28.1 Å². The highest BCUT2D eigenvalue weighted by atomic mass is 35.5. The Morgan fingerprint density at radius 1 is 1.03 bits per heavy atom. The molecule has 0 radical (unpaired) electrons. The maximum atomic E-state index is 13.4. The van der Waals surface area contributed by atoms with E-state index in [1.165, 1.54) is 18.2 Å². The zero-order valence-corrected chi connectivity index (χ0v) is 17.3. The minimum absolute atomic E-state index is 0.00301. The number of nitrogens with one attached hydrogen (secondary N) is 1. The quantitative estimate of drug-likeness (QED) is 0.456. The van der Waals surface area contributed by atoms with Crippen molar-refractivity contribution in [2.24, 2.45) is 5.92 Å². The summed E-state index contributed by atoms with van der Waals surface area (Å²) in [6.07, 6.45) is -9.61. The van der Waals surface area contributed by atoms with Crippen LogP contribution in [-0.2, 0) is 22.2 Å². The maximum Gasteiger partial charge on any atom is 0.416 e. The molecular weight excluding hydrogens is 464 g/mol. The fourth-order valence-electron chi connectivity index (χ4n) is 3.02. The van der Waals surface area contributed by atoms with E-state index in [1.807, 2.05) is 0 Å². The van der Waals surface area contributed by atoms with Crippen molar-refractivity contribution in [3.63, 3.8) is 0 Å². The summed E-state index contributed by atoms with van der Waals surface area (Å²) in [7, 11) is 0. The molecule has 174 valence electrons. The fourth-order valence-corrected chi connectivity index (χ4v) is 3.19. The van der Waals surface area contributed by atoms with Crippen LogP contribution in [0, 0.1) is 5.92 Å². The number of carbonyl (C=O) groups is 2. The standard InChI is InChI=1S/C21H18ClF6NO3/c1-11(20(23,24)25)18(13-4-6-14(7-5-13)21(26,27)28)19(32)29-16-10-12(2-8-15(16)22)3-9-17(30)31/h2,4-8,10-11,18H,3,9H2,1H3,(H,29,32)(H,30,31)/t11-,18+/m1/s1. The van der Waals surface area contributed by atoms with Crippen LogP contribution in [0.4, 0.5) is 32.0 Å². The molecule has 0 unspecified atom stereocenters. The molecule has 2 aromatic carbocycles. The van der Waals surface area contributed by atoms with Crippen molar-refractivity contribution in [3.8, 4) is 0 Å². The third-order valence-electron chi connectivity index (χ3n) is 4.81. The normalized spacial score (nSPS) is 14.0. The summed E-state index contributed by atoms with van der Waals surface area (Å²) in [6.45, 7) is 0.757. The first-order valence-corrected chi connectivity index (χ1v) is 9.63. The maximum absolute atomic E-state index is 13.4. The number of alkyl halides is 6. The van der Waals surface area contributed by atoms with Crippen molar-refractivity contribution in [1.82, 2.24) is 0 Å². The number of carboxylic acid groups (broad SMARTS) is 1. The van der Waals surface area contributed by atoms with E-state index in [1.54, 1.807) is 0 Å². The summed E-state index contributed by atoms with van der Waals surface area (Å²) in [6, 6.07) is 7.09. The van der Waals surface area contributed by atoms with Gasteiger partial charge >= 0.3 is 18.3 Å². The summed E-state index contributed by atoms with van der Waals surface area (Å²) in [4.78, 5) is 23.6. The van der Waals surface area contributed by atoms with Crippen molar-refractivity contribution in [3.05, 3.63) is 64.2 Å². The predicted octanol–water partition coefficient (Wildman–Crippen LogP) is 6.30.